The molecule has 2 heterocycles. The highest BCUT2D eigenvalue weighted by Crippen LogP contribution is 2.26. The van der Waals surface area contributed by atoms with Crippen LogP contribution in [0.3, 0.4) is 0 Å². The highest BCUT2D eigenvalue weighted by molar-refractivity contribution is 6.31. The summed E-state index contributed by atoms with van der Waals surface area (Å²) < 4.78 is 5.70. The van der Waals surface area contributed by atoms with E-state index in [4.69, 9.17) is 21.8 Å². The number of nitrogens with zero attached hydrogens (tertiary/aromatic N) is 1. The summed E-state index contributed by atoms with van der Waals surface area (Å²) in [6, 6.07) is 6.97. The van der Waals surface area contributed by atoms with E-state index >= 15 is 0 Å². The van der Waals surface area contributed by atoms with Crippen LogP contribution >= 0.6 is 11.6 Å². The second kappa shape index (κ2) is 7.89. The molecule has 7 heteroatoms. The largest absolute Gasteiger partial charge is 0.451 e. The van der Waals surface area contributed by atoms with Crippen molar-refractivity contribution in [3.8, 4) is 0 Å². The summed E-state index contributed by atoms with van der Waals surface area (Å²) in [6.45, 7) is 1.42. The molecule has 0 spiro atoms. The van der Waals surface area contributed by atoms with Gasteiger partial charge in [-0.1, -0.05) is 11.6 Å². The van der Waals surface area contributed by atoms with Crippen molar-refractivity contribution in [2.24, 2.45) is 5.73 Å². The molecule has 2 amide bonds. The zero-order chi connectivity index (χ0) is 17.8. The Bertz CT molecular complexity index is 774. The number of amides is 2. The number of furan rings is 1. The highest BCUT2D eigenvalue weighted by atomic mass is 35.5. The molecular weight excluding hydrogens is 342 g/mol. The standard InChI is InChI=1S/C18H22ClN3O3/c19-13-4-5-15-12(9-13)10-16(25-15)18(24)22-8-2-1-3-14(22)11-21-17(23)6-7-20/h4-5,9-10,14H,1-3,6-8,11,20H2,(H,21,23). The van der Waals surface area contributed by atoms with Gasteiger partial charge in [-0.25, -0.2) is 0 Å². The molecule has 1 aliphatic rings. The van der Waals surface area contributed by atoms with Crippen LogP contribution in [0.4, 0.5) is 0 Å². The maximum atomic E-state index is 12.9. The van der Waals surface area contributed by atoms with Gasteiger partial charge in [-0.15, -0.1) is 0 Å². The molecule has 3 rings (SSSR count). The molecule has 1 fully saturated rings. The molecule has 1 unspecified atom stereocenters. The fraction of sp³-hybridized carbons (Fsp3) is 0.444. The number of benzene rings is 1. The fourth-order valence-electron chi connectivity index (χ4n) is 3.19. The maximum absolute atomic E-state index is 12.9. The molecule has 1 aromatic heterocycles. The van der Waals surface area contributed by atoms with Crippen LogP contribution in [-0.4, -0.2) is 42.4 Å². The first-order valence-electron chi connectivity index (χ1n) is 8.55. The van der Waals surface area contributed by atoms with Crippen LogP contribution in [-0.2, 0) is 4.79 Å². The third-order valence-corrected chi connectivity index (χ3v) is 4.72. The van der Waals surface area contributed by atoms with E-state index in [-0.39, 0.29) is 17.9 Å². The number of nitrogens with two attached hydrogens (primary N) is 1. The van der Waals surface area contributed by atoms with Gasteiger partial charge in [-0.2, -0.15) is 0 Å². The number of nitrogens with one attached hydrogen (secondary N) is 1. The van der Waals surface area contributed by atoms with Crippen LogP contribution < -0.4 is 11.1 Å². The minimum absolute atomic E-state index is 0.0280. The van der Waals surface area contributed by atoms with Gasteiger partial charge in [0, 0.05) is 42.5 Å². The minimum atomic E-state index is -0.148. The lowest BCUT2D eigenvalue weighted by Gasteiger charge is -2.35. The summed E-state index contributed by atoms with van der Waals surface area (Å²) in [5, 5.41) is 4.27. The van der Waals surface area contributed by atoms with E-state index in [1.54, 1.807) is 29.2 Å². The highest BCUT2D eigenvalue weighted by Gasteiger charge is 2.29. The molecular formula is C18H22ClN3O3. The van der Waals surface area contributed by atoms with Gasteiger partial charge in [0.2, 0.25) is 5.91 Å². The first-order chi connectivity index (χ1) is 12.1. The van der Waals surface area contributed by atoms with Crippen LogP contribution in [0.5, 0.6) is 0 Å². The van der Waals surface area contributed by atoms with E-state index in [0.29, 0.717) is 42.4 Å². The molecule has 0 bridgehead atoms. The number of halogens is 1. The third kappa shape index (κ3) is 4.14. The van der Waals surface area contributed by atoms with Crippen molar-refractivity contribution in [3.05, 3.63) is 35.0 Å². The van der Waals surface area contributed by atoms with E-state index in [1.165, 1.54) is 0 Å². The minimum Gasteiger partial charge on any atom is -0.451 e. The second-order valence-corrected chi connectivity index (χ2v) is 6.72. The van der Waals surface area contributed by atoms with Crippen LogP contribution in [0.25, 0.3) is 11.0 Å². The summed E-state index contributed by atoms with van der Waals surface area (Å²) in [7, 11) is 0. The smallest absolute Gasteiger partial charge is 0.289 e. The predicted molar refractivity (Wildman–Crippen MR) is 96.6 cm³/mol. The molecule has 0 aliphatic carbocycles. The molecule has 1 aliphatic heterocycles. The van der Waals surface area contributed by atoms with Crippen LogP contribution in [0, 0.1) is 0 Å². The van der Waals surface area contributed by atoms with Crippen LogP contribution in [0.1, 0.15) is 36.2 Å². The average Bonchev–Trinajstić information content (AvgIpc) is 3.03. The fourth-order valence-corrected chi connectivity index (χ4v) is 3.37. The van der Waals surface area contributed by atoms with E-state index in [0.717, 1.165) is 24.6 Å². The zero-order valence-corrected chi connectivity index (χ0v) is 14.7. The number of hydrogen-bond acceptors (Lipinski definition) is 4. The van der Waals surface area contributed by atoms with Crippen molar-refractivity contribution in [3.63, 3.8) is 0 Å². The SMILES string of the molecule is NCCC(=O)NCC1CCCCN1C(=O)c1cc2cc(Cl)ccc2o1. The Balaban J connectivity index is 1.74. The topological polar surface area (TPSA) is 88.6 Å². The maximum Gasteiger partial charge on any atom is 0.289 e. The summed E-state index contributed by atoms with van der Waals surface area (Å²) in [6.07, 6.45) is 3.15. The number of carbonyl (C=O) groups is 2. The summed E-state index contributed by atoms with van der Waals surface area (Å²) >= 11 is 5.99. The number of hydrogen-bond donors (Lipinski definition) is 2. The molecule has 0 radical (unpaired) electrons. The Kier molecular flexibility index (Phi) is 5.60. The number of carbonyl (C=O) groups excluding carboxylic acids is 2. The summed E-state index contributed by atoms with van der Waals surface area (Å²) in [5.41, 5.74) is 6.03. The van der Waals surface area contributed by atoms with Crippen molar-refractivity contribution in [2.45, 2.75) is 31.7 Å². The number of piperidine rings is 1. The van der Waals surface area contributed by atoms with Gasteiger partial charge in [0.25, 0.3) is 5.91 Å². The van der Waals surface area contributed by atoms with Crippen LogP contribution in [0.15, 0.2) is 28.7 Å². The molecule has 2 aromatic rings. The van der Waals surface area contributed by atoms with E-state index in [1.807, 2.05) is 0 Å². The molecule has 25 heavy (non-hydrogen) atoms. The molecule has 3 N–H and O–H groups in total. The quantitative estimate of drug-likeness (QED) is 0.854. The third-order valence-electron chi connectivity index (χ3n) is 4.48. The first-order valence-corrected chi connectivity index (χ1v) is 8.93. The van der Waals surface area contributed by atoms with Gasteiger partial charge in [0.1, 0.15) is 5.58 Å². The summed E-state index contributed by atoms with van der Waals surface area (Å²) in [4.78, 5) is 26.4. The van der Waals surface area contributed by atoms with Crippen LogP contribution in [0.2, 0.25) is 5.02 Å². The lowest BCUT2D eigenvalue weighted by Crippen LogP contribution is -2.49. The predicted octanol–water partition coefficient (Wildman–Crippen LogP) is 2.55. The van der Waals surface area contributed by atoms with Gasteiger partial charge in [0.15, 0.2) is 5.76 Å². The number of fused-ring (bicyclic) bond motifs is 1. The molecule has 1 saturated heterocycles. The molecule has 1 atom stereocenters. The lowest BCUT2D eigenvalue weighted by molar-refractivity contribution is -0.121. The second-order valence-electron chi connectivity index (χ2n) is 6.28. The molecule has 134 valence electrons. The molecule has 0 saturated carbocycles. The lowest BCUT2D eigenvalue weighted by atomic mass is 10.0. The average molecular weight is 364 g/mol. The number of likely N-dealkylation sites (tertiary alicyclic amines) is 1. The van der Waals surface area contributed by atoms with Crippen molar-refractivity contribution in [1.82, 2.24) is 10.2 Å². The van der Waals surface area contributed by atoms with Crippen molar-refractivity contribution in [1.29, 1.82) is 0 Å². The van der Waals surface area contributed by atoms with Gasteiger partial charge in [-0.05, 0) is 43.5 Å². The van der Waals surface area contributed by atoms with Gasteiger partial charge in [-0.3, -0.25) is 9.59 Å². The summed E-state index contributed by atoms with van der Waals surface area (Å²) in [5.74, 6) is 0.0707. The van der Waals surface area contributed by atoms with Crippen molar-refractivity contribution >= 4 is 34.4 Å². The van der Waals surface area contributed by atoms with Crippen molar-refractivity contribution < 1.29 is 14.0 Å². The zero-order valence-electron chi connectivity index (χ0n) is 14.0. The monoisotopic (exact) mass is 363 g/mol. The van der Waals surface area contributed by atoms with Gasteiger partial charge in [0.05, 0.1) is 0 Å². The Morgan fingerprint density at radius 1 is 1.32 bits per heavy atom. The Morgan fingerprint density at radius 2 is 2.16 bits per heavy atom. The Hall–Kier alpha value is -2.05. The van der Waals surface area contributed by atoms with Gasteiger partial charge >= 0.3 is 0 Å². The van der Waals surface area contributed by atoms with E-state index in [9.17, 15) is 9.59 Å². The van der Waals surface area contributed by atoms with E-state index in [2.05, 4.69) is 5.32 Å². The normalized spacial score (nSPS) is 17.7. The van der Waals surface area contributed by atoms with E-state index < -0.39 is 0 Å². The number of rotatable bonds is 5. The Labute approximate surface area is 151 Å². The molecule has 1 aromatic carbocycles. The van der Waals surface area contributed by atoms with Crippen molar-refractivity contribution in [2.75, 3.05) is 19.6 Å². The Morgan fingerprint density at radius 3 is 2.96 bits per heavy atom. The first kappa shape index (κ1) is 17.8. The van der Waals surface area contributed by atoms with Gasteiger partial charge < -0.3 is 20.4 Å². The molecule has 6 nitrogen and oxygen atoms in total.